The van der Waals surface area contributed by atoms with E-state index in [1.807, 2.05) is 55.7 Å². The van der Waals surface area contributed by atoms with Crippen LogP contribution in [0.2, 0.25) is 0 Å². The van der Waals surface area contributed by atoms with Crippen LogP contribution in [0, 0.1) is 16.7 Å². The number of aryl methyl sites for hydroxylation is 1. The van der Waals surface area contributed by atoms with Crippen molar-refractivity contribution in [3.8, 4) is 17.2 Å². The van der Waals surface area contributed by atoms with Crippen LogP contribution >= 0.6 is 0 Å². The summed E-state index contributed by atoms with van der Waals surface area (Å²) in [6, 6.07) is 15.9. The second-order valence-electron chi connectivity index (χ2n) is 13.1. The van der Waals surface area contributed by atoms with Gasteiger partial charge in [0.25, 0.3) is 0 Å². The topological polar surface area (TPSA) is 157 Å². The summed E-state index contributed by atoms with van der Waals surface area (Å²) in [5, 5.41) is 23.6. The molecule has 1 aliphatic carbocycles. The standard InChI is InChI=1S/C35H39N11O2/c1-44-21-27(20-41-44)25-7-12-30(37-18-25)46(34(48)39-17-24-5-3-2-4-6-24)29-10-8-28(9-11-29)42-33-38-19-26(16-36)32(43-33)45-14-13-35(23-45)15-31(47)40-22-35/h2-7,12,18-21,28-29H,8-11,13-15,17,22-23H2,1H3,(H,39,48)(H,40,47)(H,38,42,43). The first kappa shape index (κ1) is 31.1. The fourth-order valence-corrected chi connectivity index (χ4v) is 7.16. The zero-order valence-electron chi connectivity index (χ0n) is 27.0. The highest BCUT2D eigenvalue weighted by atomic mass is 16.2. The lowest BCUT2D eigenvalue weighted by atomic mass is 9.86. The van der Waals surface area contributed by atoms with Gasteiger partial charge in [0.1, 0.15) is 17.5 Å². The van der Waals surface area contributed by atoms with Gasteiger partial charge in [0, 0.05) is 80.7 Å². The van der Waals surface area contributed by atoms with Crippen molar-refractivity contribution >= 4 is 29.5 Å². The van der Waals surface area contributed by atoms with E-state index < -0.39 is 0 Å². The quantitative estimate of drug-likeness (QED) is 0.258. The first-order chi connectivity index (χ1) is 23.4. The third-order valence-corrected chi connectivity index (χ3v) is 9.76. The fraction of sp³-hybridized carbons (Fsp3) is 0.400. The molecule has 3 amide bonds. The number of anilines is 3. The van der Waals surface area contributed by atoms with Crippen molar-refractivity contribution in [1.29, 1.82) is 5.26 Å². The van der Waals surface area contributed by atoms with Crippen LogP contribution in [-0.2, 0) is 18.4 Å². The summed E-state index contributed by atoms with van der Waals surface area (Å²) in [5.41, 5.74) is 3.25. The third-order valence-electron chi connectivity index (χ3n) is 9.76. The van der Waals surface area contributed by atoms with E-state index in [1.165, 1.54) is 0 Å². The first-order valence-electron chi connectivity index (χ1n) is 16.5. The van der Waals surface area contributed by atoms with E-state index in [0.29, 0.717) is 49.2 Å². The number of aromatic nitrogens is 5. The first-order valence-corrected chi connectivity index (χ1v) is 16.5. The molecule has 1 unspecified atom stereocenters. The normalized spacial score (nSPS) is 21.9. The molecule has 3 N–H and O–H groups in total. The van der Waals surface area contributed by atoms with E-state index in [1.54, 1.807) is 28.2 Å². The molecule has 13 nitrogen and oxygen atoms in total. The maximum Gasteiger partial charge on any atom is 0.323 e. The van der Waals surface area contributed by atoms with E-state index in [0.717, 1.165) is 55.3 Å². The average Bonchev–Trinajstić information content (AvgIpc) is 3.85. The van der Waals surface area contributed by atoms with Crippen LogP contribution in [0.1, 0.15) is 49.7 Å². The Kier molecular flexibility index (Phi) is 8.63. The van der Waals surface area contributed by atoms with E-state index in [2.05, 4.69) is 37.0 Å². The summed E-state index contributed by atoms with van der Waals surface area (Å²) in [5.74, 6) is 1.79. The molecule has 1 atom stereocenters. The number of nitrogens with one attached hydrogen (secondary N) is 3. The van der Waals surface area contributed by atoms with E-state index >= 15 is 0 Å². The summed E-state index contributed by atoms with van der Waals surface area (Å²) in [7, 11) is 1.88. The monoisotopic (exact) mass is 645 g/mol. The maximum atomic E-state index is 13.8. The van der Waals surface area contributed by atoms with Crippen molar-refractivity contribution in [3.05, 3.63) is 78.4 Å². The minimum atomic E-state index is -0.181. The Morgan fingerprint density at radius 3 is 2.60 bits per heavy atom. The molecule has 2 saturated heterocycles. The molecule has 0 bridgehead atoms. The second-order valence-corrected chi connectivity index (χ2v) is 13.1. The van der Waals surface area contributed by atoms with Gasteiger partial charge in [-0.2, -0.15) is 15.3 Å². The van der Waals surface area contributed by atoms with E-state index in [-0.39, 0.29) is 29.4 Å². The smallest absolute Gasteiger partial charge is 0.323 e. The molecule has 4 aromatic rings. The minimum Gasteiger partial charge on any atom is -0.355 e. The van der Waals surface area contributed by atoms with E-state index in [9.17, 15) is 14.9 Å². The van der Waals surface area contributed by atoms with Crippen molar-refractivity contribution < 1.29 is 9.59 Å². The summed E-state index contributed by atoms with van der Waals surface area (Å²) in [6.45, 7) is 2.51. The molecule has 246 valence electrons. The molecule has 3 aromatic heterocycles. The molecule has 1 aromatic carbocycles. The highest BCUT2D eigenvalue weighted by molar-refractivity contribution is 5.91. The number of hydrogen-bond acceptors (Lipinski definition) is 9. The Hall–Kier alpha value is -5.51. The van der Waals surface area contributed by atoms with Gasteiger partial charge in [0.05, 0.1) is 12.4 Å². The predicted octanol–water partition coefficient (Wildman–Crippen LogP) is 4.00. The number of carbonyl (C=O) groups excluding carboxylic acids is 2. The van der Waals surface area contributed by atoms with Gasteiger partial charge < -0.3 is 20.9 Å². The number of carbonyl (C=O) groups is 2. The molecular formula is C35H39N11O2. The number of urea groups is 1. The van der Waals surface area contributed by atoms with Gasteiger partial charge in [-0.1, -0.05) is 30.3 Å². The Labute approximate surface area is 279 Å². The van der Waals surface area contributed by atoms with Gasteiger partial charge in [-0.3, -0.25) is 14.4 Å². The average molecular weight is 646 g/mol. The van der Waals surface area contributed by atoms with Crippen molar-refractivity contribution in [2.75, 3.05) is 34.8 Å². The van der Waals surface area contributed by atoms with Gasteiger partial charge in [0.15, 0.2) is 5.82 Å². The molecule has 5 heterocycles. The Bertz CT molecular complexity index is 1810. The summed E-state index contributed by atoms with van der Waals surface area (Å²) >= 11 is 0. The van der Waals surface area contributed by atoms with Crippen molar-refractivity contribution in [1.82, 2.24) is 35.4 Å². The lowest BCUT2D eigenvalue weighted by Crippen LogP contribution is -2.49. The Morgan fingerprint density at radius 2 is 1.92 bits per heavy atom. The molecule has 48 heavy (non-hydrogen) atoms. The summed E-state index contributed by atoms with van der Waals surface area (Å²) < 4.78 is 1.75. The number of rotatable bonds is 8. The second kappa shape index (κ2) is 13.3. The van der Waals surface area contributed by atoms with Crippen LogP contribution in [0.15, 0.2) is 67.3 Å². The SMILES string of the molecule is Cn1cc(-c2ccc(N(C(=O)NCc3ccccc3)C3CCC(Nc4ncc(C#N)c(N5CCC6(CNC(=O)C6)C5)n4)CC3)nc2)cn1. The van der Waals surface area contributed by atoms with E-state index in [4.69, 9.17) is 9.97 Å². The largest absolute Gasteiger partial charge is 0.355 e. The number of nitrogens with zero attached hydrogens (tertiary/aromatic N) is 8. The lowest BCUT2D eigenvalue weighted by molar-refractivity contribution is -0.119. The summed E-state index contributed by atoms with van der Waals surface area (Å²) in [4.78, 5) is 43.6. The van der Waals surface area contributed by atoms with Crippen LogP contribution in [0.4, 0.5) is 22.4 Å². The lowest BCUT2D eigenvalue weighted by Gasteiger charge is -2.36. The van der Waals surface area contributed by atoms with Gasteiger partial charge in [-0.15, -0.1) is 0 Å². The van der Waals surface area contributed by atoms with Crippen molar-refractivity contribution in [3.63, 3.8) is 0 Å². The fourth-order valence-electron chi connectivity index (χ4n) is 7.16. The predicted molar refractivity (Wildman–Crippen MR) is 181 cm³/mol. The molecule has 7 rings (SSSR count). The molecule has 0 radical (unpaired) electrons. The Morgan fingerprint density at radius 1 is 1.08 bits per heavy atom. The number of nitriles is 1. The number of amides is 3. The van der Waals surface area contributed by atoms with Crippen LogP contribution in [0.25, 0.3) is 11.1 Å². The number of pyridine rings is 1. The number of benzene rings is 1. The minimum absolute atomic E-state index is 0.0449. The van der Waals surface area contributed by atoms with Gasteiger partial charge in [-0.05, 0) is 49.8 Å². The van der Waals surface area contributed by atoms with Gasteiger partial charge in [-0.25, -0.2) is 14.8 Å². The van der Waals surface area contributed by atoms with Gasteiger partial charge >= 0.3 is 6.03 Å². The molecule has 1 spiro atoms. The van der Waals surface area contributed by atoms with Crippen LogP contribution < -0.4 is 25.8 Å². The molecule has 2 aliphatic heterocycles. The molecular weight excluding hydrogens is 606 g/mol. The zero-order valence-corrected chi connectivity index (χ0v) is 27.0. The summed E-state index contributed by atoms with van der Waals surface area (Å²) in [6.07, 6.45) is 11.6. The van der Waals surface area contributed by atoms with Crippen LogP contribution in [0.5, 0.6) is 0 Å². The third kappa shape index (κ3) is 6.64. The van der Waals surface area contributed by atoms with Crippen LogP contribution in [0.3, 0.4) is 0 Å². The van der Waals surface area contributed by atoms with Crippen LogP contribution in [-0.4, -0.2) is 68.4 Å². The van der Waals surface area contributed by atoms with Crippen molar-refractivity contribution in [2.24, 2.45) is 12.5 Å². The highest BCUT2D eigenvalue weighted by Gasteiger charge is 2.44. The molecule has 1 saturated carbocycles. The molecule has 13 heteroatoms. The molecule has 3 aliphatic rings. The molecule has 3 fully saturated rings. The number of hydrogen-bond donors (Lipinski definition) is 3. The Balaban J connectivity index is 1.03. The van der Waals surface area contributed by atoms with Gasteiger partial charge in [0.2, 0.25) is 11.9 Å². The van der Waals surface area contributed by atoms with Crippen molar-refractivity contribution in [2.45, 2.75) is 57.2 Å². The maximum absolute atomic E-state index is 13.8. The zero-order chi connectivity index (χ0) is 33.1. The highest BCUT2D eigenvalue weighted by Crippen LogP contribution is 2.39.